The van der Waals surface area contributed by atoms with Crippen molar-refractivity contribution in [2.45, 2.75) is 124 Å². The third-order valence-electron chi connectivity index (χ3n) is 7.62. The molecular weight excluding hydrogens is 520 g/mol. The topological polar surface area (TPSA) is 124 Å². The molecule has 7 heteroatoms. The fourth-order valence-electron chi connectivity index (χ4n) is 5.28. The first kappa shape index (κ1) is 36.5. The van der Waals surface area contributed by atoms with Crippen molar-refractivity contribution in [2.75, 3.05) is 0 Å². The van der Waals surface area contributed by atoms with E-state index in [2.05, 4.69) is 20.8 Å². The molecule has 1 fully saturated rings. The Morgan fingerprint density at radius 2 is 1.61 bits per heavy atom. The molecule has 1 rings (SSSR count). The first-order valence-electron chi connectivity index (χ1n) is 15.1. The number of rotatable bonds is 11. The Bertz CT molecular complexity index is 983. The largest absolute Gasteiger partial charge is 0.478 e. The normalized spacial score (nSPS) is 25.3. The summed E-state index contributed by atoms with van der Waals surface area (Å²) in [6.07, 6.45) is 13.2. The molecule has 0 unspecified atom stereocenters. The molecule has 1 saturated heterocycles. The summed E-state index contributed by atoms with van der Waals surface area (Å²) in [6.45, 7) is 13.5. The minimum atomic E-state index is -1.07. The second kappa shape index (κ2) is 18.9. The number of carbonyl (C=O) groups is 2. The lowest BCUT2D eigenvalue weighted by atomic mass is 9.79. The number of cyclic esters (lactones) is 1. The van der Waals surface area contributed by atoms with Crippen LogP contribution in [0, 0.1) is 17.8 Å². The van der Waals surface area contributed by atoms with E-state index in [0.717, 1.165) is 42.4 Å². The molecule has 0 saturated carbocycles. The smallest absolute Gasteiger partial charge is 0.331 e. The maximum absolute atomic E-state index is 12.4. The molecule has 0 bridgehead atoms. The van der Waals surface area contributed by atoms with Gasteiger partial charge in [-0.15, -0.1) is 0 Å². The van der Waals surface area contributed by atoms with Crippen LogP contribution in [-0.4, -0.2) is 56.8 Å². The van der Waals surface area contributed by atoms with E-state index < -0.39 is 24.3 Å². The average Bonchev–Trinajstić information content (AvgIpc) is 2.85. The lowest BCUT2D eigenvalue weighted by Gasteiger charge is -2.27. The van der Waals surface area contributed by atoms with Gasteiger partial charge in [-0.2, -0.15) is 0 Å². The Morgan fingerprint density at radius 3 is 2.22 bits per heavy atom. The Kier molecular flexibility index (Phi) is 16.8. The predicted molar refractivity (Wildman–Crippen MR) is 164 cm³/mol. The van der Waals surface area contributed by atoms with Crippen LogP contribution in [0.5, 0.6) is 0 Å². The minimum Gasteiger partial charge on any atom is -0.478 e. The van der Waals surface area contributed by atoms with Gasteiger partial charge < -0.3 is 25.2 Å². The van der Waals surface area contributed by atoms with Gasteiger partial charge in [-0.05, 0) is 77.2 Å². The van der Waals surface area contributed by atoms with Crippen LogP contribution in [0.15, 0.2) is 58.7 Å². The predicted octanol–water partition coefficient (Wildman–Crippen LogP) is 6.45. The van der Waals surface area contributed by atoms with Crippen molar-refractivity contribution in [3.05, 3.63) is 58.7 Å². The molecule has 232 valence electrons. The Balaban J connectivity index is 3.03. The molecule has 0 aromatic carbocycles. The standard InChI is InChI=1S/C34H54O7/c1-22(2)32-16-9-8-14-26(6)28(15-11-17-33(38)41-32)29(34(39)40)19-25(5)18-23(3)12-10-13-24(4)20-30(36)31(37)21-27(7)35/h10,12-13,18-20,22,26-28,30-32,35-37H,8-9,11,14-17,21H2,1-7H3,(H,39,40)/t26-,27-,28-,30-,31-,32+/m0/s1. The molecule has 41 heavy (non-hydrogen) atoms. The van der Waals surface area contributed by atoms with Crippen molar-refractivity contribution >= 4 is 11.9 Å². The lowest BCUT2D eigenvalue weighted by molar-refractivity contribution is -0.152. The monoisotopic (exact) mass is 574 g/mol. The number of carboxylic acids is 1. The van der Waals surface area contributed by atoms with Crippen LogP contribution in [0.1, 0.15) is 99.8 Å². The zero-order valence-electron chi connectivity index (χ0n) is 26.2. The van der Waals surface area contributed by atoms with Crippen LogP contribution in [0.3, 0.4) is 0 Å². The van der Waals surface area contributed by atoms with Crippen LogP contribution in [0.4, 0.5) is 0 Å². The molecule has 7 nitrogen and oxygen atoms in total. The quantitative estimate of drug-likeness (QED) is 0.127. The average molecular weight is 575 g/mol. The summed E-state index contributed by atoms with van der Waals surface area (Å²) in [6, 6.07) is 0. The number of esters is 1. The molecule has 1 aliphatic heterocycles. The number of hydrogen-bond acceptors (Lipinski definition) is 6. The maximum atomic E-state index is 12.4. The van der Waals surface area contributed by atoms with E-state index in [1.807, 2.05) is 45.1 Å². The highest BCUT2D eigenvalue weighted by Gasteiger charge is 2.27. The highest BCUT2D eigenvalue weighted by molar-refractivity contribution is 5.88. The number of allylic oxidation sites excluding steroid dienone is 8. The van der Waals surface area contributed by atoms with Crippen LogP contribution in [0.25, 0.3) is 0 Å². The number of aliphatic hydroxyl groups is 3. The molecular formula is C34H54O7. The van der Waals surface area contributed by atoms with Gasteiger partial charge in [-0.25, -0.2) is 4.79 Å². The number of ether oxygens (including phenoxy) is 1. The lowest BCUT2D eigenvalue weighted by Crippen LogP contribution is -2.27. The minimum absolute atomic E-state index is 0.0540. The third kappa shape index (κ3) is 14.8. The van der Waals surface area contributed by atoms with Gasteiger partial charge in [0.2, 0.25) is 0 Å². The van der Waals surface area contributed by atoms with Gasteiger partial charge in [-0.3, -0.25) is 4.79 Å². The van der Waals surface area contributed by atoms with E-state index in [0.29, 0.717) is 24.8 Å². The van der Waals surface area contributed by atoms with E-state index in [1.54, 1.807) is 19.1 Å². The first-order valence-corrected chi connectivity index (χ1v) is 15.1. The van der Waals surface area contributed by atoms with E-state index in [1.165, 1.54) is 0 Å². The highest BCUT2D eigenvalue weighted by Crippen LogP contribution is 2.32. The zero-order valence-corrected chi connectivity index (χ0v) is 26.2. The molecule has 0 aromatic heterocycles. The fraction of sp³-hybridized carbons (Fsp3) is 0.647. The van der Waals surface area contributed by atoms with E-state index in [4.69, 9.17) is 4.74 Å². The summed E-state index contributed by atoms with van der Waals surface area (Å²) in [5.74, 6) is -0.816. The summed E-state index contributed by atoms with van der Waals surface area (Å²) in [4.78, 5) is 24.8. The van der Waals surface area contributed by atoms with Crippen molar-refractivity contribution < 1.29 is 34.8 Å². The molecule has 6 atom stereocenters. The van der Waals surface area contributed by atoms with Crippen LogP contribution >= 0.6 is 0 Å². The van der Waals surface area contributed by atoms with E-state index >= 15 is 0 Å². The SMILES string of the molecule is CC(=CC=CC(C)=C[C@H](O)[C@@H](O)C[C@H](C)O)C=C(C)C=C(C(=O)O)[C@H]1CCCC(=O)O[C@@H](C(C)C)CCCC[C@@H]1C. The van der Waals surface area contributed by atoms with Crippen molar-refractivity contribution in [3.8, 4) is 0 Å². The Labute approximate surface area is 247 Å². The number of carbonyl (C=O) groups excluding carboxylic acids is 1. The number of aliphatic hydroxyl groups excluding tert-OH is 3. The van der Waals surface area contributed by atoms with Gasteiger partial charge in [0.25, 0.3) is 0 Å². The van der Waals surface area contributed by atoms with Gasteiger partial charge in [0.15, 0.2) is 0 Å². The fourth-order valence-corrected chi connectivity index (χ4v) is 5.28. The second-order valence-corrected chi connectivity index (χ2v) is 12.1. The summed E-state index contributed by atoms with van der Waals surface area (Å²) in [7, 11) is 0. The van der Waals surface area contributed by atoms with Gasteiger partial charge in [0, 0.05) is 18.4 Å². The van der Waals surface area contributed by atoms with Gasteiger partial charge >= 0.3 is 11.9 Å². The molecule has 0 aliphatic carbocycles. The van der Waals surface area contributed by atoms with Crippen LogP contribution in [-0.2, 0) is 14.3 Å². The van der Waals surface area contributed by atoms with Crippen molar-refractivity contribution in [3.63, 3.8) is 0 Å². The molecule has 1 aliphatic rings. The first-order chi connectivity index (χ1) is 19.2. The molecule has 1 heterocycles. The van der Waals surface area contributed by atoms with Gasteiger partial charge in [-0.1, -0.05) is 80.7 Å². The molecule has 0 amide bonds. The highest BCUT2D eigenvalue weighted by atomic mass is 16.5. The summed E-state index contributed by atoms with van der Waals surface area (Å²) in [5, 5.41) is 39.5. The third-order valence-corrected chi connectivity index (χ3v) is 7.62. The van der Waals surface area contributed by atoms with E-state index in [-0.39, 0.29) is 36.2 Å². The van der Waals surface area contributed by atoms with Crippen LogP contribution < -0.4 is 0 Å². The zero-order chi connectivity index (χ0) is 31.1. The van der Waals surface area contributed by atoms with Gasteiger partial charge in [0.1, 0.15) is 6.10 Å². The summed E-state index contributed by atoms with van der Waals surface area (Å²) in [5.41, 5.74) is 2.89. The molecule has 0 radical (unpaired) electrons. The molecule has 4 N–H and O–H groups in total. The number of carboxylic acid groups (broad SMARTS) is 1. The van der Waals surface area contributed by atoms with Crippen molar-refractivity contribution in [1.29, 1.82) is 0 Å². The van der Waals surface area contributed by atoms with E-state index in [9.17, 15) is 30.0 Å². The Hall–Kier alpha value is -2.48. The van der Waals surface area contributed by atoms with Crippen molar-refractivity contribution in [2.24, 2.45) is 17.8 Å². The van der Waals surface area contributed by atoms with Crippen molar-refractivity contribution in [1.82, 2.24) is 0 Å². The molecule has 0 aromatic rings. The number of aliphatic carboxylic acids is 1. The van der Waals surface area contributed by atoms with Crippen LogP contribution in [0.2, 0.25) is 0 Å². The second-order valence-electron chi connectivity index (χ2n) is 12.1. The molecule has 0 spiro atoms. The summed E-state index contributed by atoms with van der Waals surface area (Å²) >= 11 is 0. The Morgan fingerprint density at radius 1 is 0.951 bits per heavy atom. The summed E-state index contributed by atoms with van der Waals surface area (Å²) < 4.78 is 5.73. The van der Waals surface area contributed by atoms with Gasteiger partial charge in [0.05, 0.1) is 18.3 Å². The number of hydrogen-bond donors (Lipinski definition) is 4. The maximum Gasteiger partial charge on any atom is 0.331 e.